The topological polar surface area (TPSA) is 30.0 Å². The third-order valence-corrected chi connectivity index (χ3v) is 2.91. The van der Waals surface area contributed by atoms with Gasteiger partial charge in [-0.3, -0.25) is 4.79 Å². The largest absolute Gasteiger partial charge is 0.298 e. The summed E-state index contributed by atoms with van der Waals surface area (Å²) in [7, 11) is 0. The molecular formula is C7H3ClF2INO. The second kappa shape index (κ2) is 4.28. The molecule has 0 N–H and O–H groups in total. The Morgan fingerprint density at radius 1 is 1.62 bits per heavy atom. The lowest BCUT2D eigenvalue weighted by Gasteiger charge is -2.06. The molecule has 1 heterocycles. The second-order valence-electron chi connectivity index (χ2n) is 2.15. The normalized spacial score (nSPS) is 10.5. The third kappa shape index (κ3) is 2.14. The standard InChI is InChI=1S/C7H3ClF2INO/c8-5-4(6(9)10)3(2-13)1-12-7(5)11/h1-2,6H. The molecule has 0 aliphatic carbocycles. The van der Waals surface area contributed by atoms with Gasteiger partial charge in [-0.15, -0.1) is 0 Å². The van der Waals surface area contributed by atoms with Crippen LogP contribution in [0.15, 0.2) is 6.20 Å². The highest BCUT2D eigenvalue weighted by molar-refractivity contribution is 14.1. The molecule has 6 heteroatoms. The Morgan fingerprint density at radius 3 is 2.69 bits per heavy atom. The van der Waals surface area contributed by atoms with Crippen molar-refractivity contribution in [1.82, 2.24) is 4.98 Å². The first-order valence-electron chi connectivity index (χ1n) is 3.15. The Balaban J connectivity index is 3.41. The lowest BCUT2D eigenvalue weighted by atomic mass is 10.1. The van der Waals surface area contributed by atoms with E-state index < -0.39 is 12.0 Å². The van der Waals surface area contributed by atoms with E-state index in [-0.39, 0.29) is 14.3 Å². The maximum absolute atomic E-state index is 12.4. The molecule has 0 bridgehead atoms. The molecule has 0 spiro atoms. The van der Waals surface area contributed by atoms with Gasteiger partial charge < -0.3 is 0 Å². The molecule has 0 saturated heterocycles. The minimum Gasteiger partial charge on any atom is -0.298 e. The van der Waals surface area contributed by atoms with E-state index in [9.17, 15) is 13.6 Å². The van der Waals surface area contributed by atoms with Crippen LogP contribution in [0.3, 0.4) is 0 Å². The van der Waals surface area contributed by atoms with Crippen LogP contribution in [-0.4, -0.2) is 11.3 Å². The van der Waals surface area contributed by atoms with Crippen molar-refractivity contribution in [3.8, 4) is 0 Å². The molecule has 0 amide bonds. The fourth-order valence-electron chi connectivity index (χ4n) is 0.806. The Morgan fingerprint density at radius 2 is 2.23 bits per heavy atom. The monoisotopic (exact) mass is 317 g/mol. The van der Waals surface area contributed by atoms with E-state index in [2.05, 4.69) is 4.98 Å². The first-order valence-corrected chi connectivity index (χ1v) is 4.60. The van der Waals surface area contributed by atoms with Crippen molar-refractivity contribution >= 4 is 40.5 Å². The van der Waals surface area contributed by atoms with Gasteiger partial charge in [0, 0.05) is 11.8 Å². The number of carbonyl (C=O) groups is 1. The molecule has 0 radical (unpaired) electrons. The van der Waals surface area contributed by atoms with Gasteiger partial charge in [-0.1, -0.05) is 11.6 Å². The Labute approximate surface area is 91.4 Å². The fraction of sp³-hybridized carbons (Fsp3) is 0.143. The summed E-state index contributed by atoms with van der Waals surface area (Å²) < 4.78 is 25.0. The van der Waals surface area contributed by atoms with Crippen molar-refractivity contribution in [1.29, 1.82) is 0 Å². The molecule has 1 aromatic rings. The average molecular weight is 317 g/mol. The SMILES string of the molecule is O=Cc1cnc(I)c(Cl)c1C(F)F. The number of carbonyl (C=O) groups excluding carboxylic acids is 1. The first kappa shape index (κ1) is 10.8. The maximum atomic E-state index is 12.4. The van der Waals surface area contributed by atoms with Crippen molar-refractivity contribution < 1.29 is 13.6 Å². The highest BCUT2D eigenvalue weighted by atomic mass is 127. The summed E-state index contributed by atoms with van der Waals surface area (Å²) in [5.74, 6) is 0. The van der Waals surface area contributed by atoms with Crippen LogP contribution >= 0.6 is 34.2 Å². The van der Waals surface area contributed by atoms with Crippen LogP contribution in [0.25, 0.3) is 0 Å². The van der Waals surface area contributed by atoms with Crippen LogP contribution in [0.2, 0.25) is 5.02 Å². The number of rotatable bonds is 2. The van der Waals surface area contributed by atoms with Gasteiger partial charge in [0.05, 0.1) is 10.6 Å². The predicted octanol–water partition coefficient (Wildman–Crippen LogP) is 3.09. The van der Waals surface area contributed by atoms with Gasteiger partial charge in [-0.2, -0.15) is 0 Å². The summed E-state index contributed by atoms with van der Waals surface area (Å²) in [5, 5.41) is -0.153. The Kier molecular flexibility index (Phi) is 3.55. The first-order chi connectivity index (χ1) is 6.07. The minimum atomic E-state index is -2.76. The predicted molar refractivity (Wildman–Crippen MR) is 52.3 cm³/mol. The van der Waals surface area contributed by atoms with Crippen molar-refractivity contribution in [2.45, 2.75) is 6.43 Å². The summed E-state index contributed by atoms with van der Waals surface area (Å²) in [4.78, 5) is 14.0. The van der Waals surface area contributed by atoms with Gasteiger partial charge >= 0.3 is 0 Å². The van der Waals surface area contributed by atoms with Crippen LogP contribution < -0.4 is 0 Å². The quantitative estimate of drug-likeness (QED) is 0.477. The van der Waals surface area contributed by atoms with Gasteiger partial charge in [0.2, 0.25) is 0 Å². The highest BCUT2D eigenvalue weighted by Gasteiger charge is 2.19. The van der Waals surface area contributed by atoms with Crippen molar-refractivity contribution in [2.24, 2.45) is 0 Å². The smallest absolute Gasteiger partial charge is 0.266 e. The summed E-state index contributed by atoms with van der Waals surface area (Å²) >= 11 is 7.29. The molecule has 1 rings (SSSR count). The van der Waals surface area contributed by atoms with Crippen molar-refractivity contribution in [3.05, 3.63) is 26.0 Å². The van der Waals surface area contributed by atoms with E-state index in [4.69, 9.17) is 11.6 Å². The zero-order chi connectivity index (χ0) is 10.0. The molecular weight excluding hydrogens is 314 g/mol. The van der Waals surface area contributed by atoms with Crippen molar-refractivity contribution in [3.63, 3.8) is 0 Å². The number of alkyl halides is 2. The average Bonchev–Trinajstić information content (AvgIpc) is 2.08. The Bertz CT molecular complexity index is 346. The van der Waals surface area contributed by atoms with Gasteiger partial charge in [0.1, 0.15) is 3.70 Å². The summed E-state index contributed by atoms with van der Waals surface area (Å²) in [6, 6.07) is 0. The number of halogens is 4. The molecule has 1 aromatic heterocycles. The van der Waals surface area contributed by atoms with E-state index in [0.29, 0.717) is 6.29 Å². The van der Waals surface area contributed by atoms with Crippen LogP contribution in [0, 0.1) is 3.70 Å². The highest BCUT2D eigenvalue weighted by Crippen LogP contribution is 2.31. The maximum Gasteiger partial charge on any atom is 0.266 e. The van der Waals surface area contributed by atoms with Crippen LogP contribution in [0.1, 0.15) is 22.3 Å². The van der Waals surface area contributed by atoms with Gasteiger partial charge in [-0.25, -0.2) is 13.8 Å². The zero-order valence-electron chi connectivity index (χ0n) is 6.10. The molecule has 0 atom stereocenters. The molecule has 0 saturated carbocycles. The molecule has 0 aromatic carbocycles. The summed E-state index contributed by atoms with van der Waals surface area (Å²) in [6.07, 6.45) is -1.36. The molecule has 13 heavy (non-hydrogen) atoms. The summed E-state index contributed by atoms with van der Waals surface area (Å²) in [6.45, 7) is 0. The number of aldehydes is 1. The lowest BCUT2D eigenvalue weighted by Crippen LogP contribution is -1.98. The third-order valence-electron chi connectivity index (χ3n) is 1.39. The molecule has 2 nitrogen and oxygen atoms in total. The van der Waals surface area contributed by atoms with Gasteiger partial charge in [-0.05, 0) is 22.6 Å². The molecule has 0 aliphatic rings. The van der Waals surface area contributed by atoms with Crippen LogP contribution in [0.5, 0.6) is 0 Å². The van der Waals surface area contributed by atoms with Gasteiger partial charge in [0.25, 0.3) is 6.43 Å². The fourth-order valence-corrected chi connectivity index (χ4v) is 1.48. The Hall–Kier alpha value is -0.300. The molecule has 70 valence electrons. The number of aromatic nitrogens is 1. The van der Waals surface area contributed by atoms with E-state index >= 15 is 0 Å². The number of hydrogen-bond acceptors (Lipinski definition) is 2. The number of nitrogens with zero attached hydrogens (tertiary/aromatic N) is 1. The van der Waals surface area contributed by atoms with E-state index in [1.54, 1.807) is 22.6 Å². The lowest BCUT2D eigenvalue weighted by molar-refractivity contribution is 0.110. The van der Waals surface area contributed by atoms with E-state index in [1.165, 1.54) is 0 Å². The zero-order valence-corrected chi connectivity index (χ0v) is 9.01. The molecule has 0 aliphatic heterocycles. The van der Waals surface area contributed by atoms with Gasteiger partial charge in [0.15, 0.2) is 6.29 Å². The summed E-state index contributed by atoms with van der Waals surface area (Å²) in [5.41, 5.74) is -0.614. The molecule has 0 unspecified atom stereocenters. The van der Waals surface area contributed by atoms with Crippen molar-refractivity contribution in [2.75, 3.05) is 0 Å². The second-order valence-corrected chi connectivity index (χ2v) is 3.55. The number of pyridine rings is 1. The molecule has 0 fully saturated rings. The van der Waals surface area contributed by atoms with Crippen LogP contribution in [-0.2, 0) is 0 Å². The number of hydrogen-bond donors (Lipinski definition) is 0. The van der Waals surface area contributed by atoms with Crippen LogP contribution in [0.4, 0.5) is 8.78 Å². The minimum absolute atomic E-state index is 0.153. The van der Waals surface area contributed by atoms with E-state index in [1.807, 2.05) is 0 Å². The van der Waals surface area contributed by atoms with E-state index in [0.717, 1.165) is 6.20 Å².